The average Bonchev–Trinajstić information content (AvgIpc) is 2.43. The molecule has 0 radical (unpaired) electrons. The first-order valence-electron chi connectivity index (χ1n) is 6.16. The van der Waals surface area contributed by atoms with Crippen molar-refractivity contribution >= 4 is 23.2 Å². The van der Waals surface area contributed by atoms with Crippen LogP contribution in [-0.4, -0.2) is 16.8 Å². The highest BCUT2D eigenvalue weighted by atomic mass is 16.2. The van der Waals surface area contributed by atoms with Crippen molar-refractivity contribution in [3.8, 4) is 0 Å². The van der Waals surface area contributed by atoms with E-state index in [9.17, 15) is 9.59 Å². The van der Waals surface area contributed by atoms with Gasteiger partial charge in [0.15, 0.2) is 0 Å². The summed E-state index contributed by atoms with van der Waals surface area (Å²) in [6.45, 7) is 3.84. The second-order valence-electron chi connectivity index (χ2n) is 4.47. The fraction of sp³-hybridized carbons (Fsp3) is 0.133. The van der Waals surface area contributed by atoms with Gasteiger partial charge < -0.3 is 10.6 Å². The van der Waals surface area contributed by atoms with E-state index in [2.05, 4.69) is 15.6 Å². The van der Waals surface area contributed by atoms with Crippen molar-refractivity contribution in [3.05, 3.63) is 53.9 Å². The van der Waals surface area contributed by atoms with Crippen LogP contribution in [0, 0.1) is 13.8 Å². The van der Waals surface area contributed by atoms with Crippen LogP contribution in [0.2, 0.25) is 0 Å². The smallest absolute Gasteiger partial charge is 0.314 e. The van der Waals surface area contributed by atoms with Crippen molar-refractivity contribution in [1.29, 1.82) is 0 Å². The number of hydrogen-bond acceptors (Lipinski definition) is 3. The highest BCUT2D eigenvalue weighted by molar-refractivity contribution is 6.43. The molecule has 1 heterocycles. The number of carbonyl (C=O) groups is 2. The number of nitrogens with zero attached hydrogens (tertiary/aromatic N) is 1. The summed E-state index contributed by atoms with van der Waals surface area (Å²) in [6.07, 6.45) is 3.06. The number of hydrogen-bond donors (Lipinski definition) is 2. The molecule has 0 bridgehead atoms. The van der Waals surface area contributed by atoms with Crippen LogP contribution in [-0.2, 0) is 9.59 Å². The van der Waals surface area contributed by atoms with Gasteiger partial charge in [-0.3, -0.25) is 14.6 Å². The number of anilines is 2. The van der Waals surface area contributed by atoms with Crippen molar-refractivity contribution in [2.45, 2.75) is 13.8 Å². The number of benzene rings is 1. The first kappa shape index (κ1) is 13.7. The maximum atomic E-state index is 11.8. The summed E-state index contributed by atoms with van der Waals surface area (Å²) >= 11 is 0. The Hall–Kier alpha value is -2.69. The zero-order valence-corrected chi connectivity index (χ0v) is 11.3. The lowest BCUT2D eigenvalue weighted by atomic mass is 10.1. The molecule has 102 valence electrons. The molecule has 0 aliphatic carbocycles. The Balaban J connectivity index is 2.03. The van der Waals surface area contributed by atoms with Crippen LogP contribution in [0.1, 0.15) is 11.1 Å². The van der Waals surface area contributed by atoms with Crippen molar-refractivity contribution in [2.24, 2.45) is 0 Å². The van der Waals surface area contributed by atoms with Crippen LogP contribution in [0.15, 0.2) is 42.7 Å². The molecule has 2 N–H and O–H groups in total. The fourth-order valence-corrected chi connectivity index (χ4v) is 1.76. The molecule has 5 nitrogen and oxygen atoms in total. The Morgan fingerprint density at radius 1 is 1.05 bits per heavy atom. The topological polar surface area (TPSA) is 71.1 Å². The van der Waals surface area contributed by atoms with Crippen molar-refractivity contribution in [2.75, 3.05) is 10.6 Å². The Morgan fingerprint density at radius 3 is 2.45 bits per heavy atom. The van der Waals surface area contributed by atoms with Gasteiger partial charge in [0, 0.05) is 11.9 Å². The normalized spacial score (nSPS) is 9.90. The standard InChI is InChI=1S/C15H15N3O2/c1-10-5-6-13(11(2)8-10)18-15(20)14(19)17-12-4-3-7-16-9-12/h3-9H,1-2H3,(H,17,19)(H,18,20). The van der Waals surface area contributed by atoms with E-state index >= 15 is 0 Å². The number of aryl methyl sites for hydroxylation is 2. The summed E-state index contributed by atoms with van der Waals surface area (Å²) in [4.78, 5) is 27.4. The van der Waals surface area contributed by atoms with Gasteiger partial charge in [-0.05, 0) is 37.6 Å². The molecule has 0 aliphatic heterocycles. The van der Waals surface area contributed by atoms with Gasteiger partial charge in [-0.1, -0.05) is 17.7 Å². The lowest BCUT2D eigenvalue weighted by Crippen LogP contribution is -2.29. The molecule has 2 amide bonds. The van der Waals surface area contributed by atoms with Crippen molar-refractivity contribution in [3.63, 3.8) is 0 Å². The van der Waals surface area contributed by atoms with Gasteiger partial charge in [0.2, 0.25) is 0 Å². The Bertz CT molecular complexity index is 639. The Labute approximate surface area is 117 Å². The van der Waals surface area contributed by atoms with E-state index in [1.807, 2.05) is 26.0 Å². The molecule has 2 rings (SSSR count). The zero-order valence-electron chi connectivity index (χ0n) is 11.3. The van der Waals surface area contributed by atoms with Gasteiger partial charge in [-0.2, -0.15) is 0 Å². The Morgan fingerprint density at radius 2 is 1.80 bits per heavy atom. The van der Waals surface area contributed by atoms with E-state index in [-0.39, 0.29) is 0 Å². The molecule has 0 fully saturated rings. The van der Waals surface area contributed by atoms with E-state index in [1.54, 1.807) is 24.4 Å². The van der Waals surface area contributed by atoms with E-state index in [1.165, 1.54) is 6.20 Å². The third-order valence-electron chi connectivity index (χ3n) is 2.76. The van der Waals surface area contributed by atoms with Crippen LogP contribution < -0.4 is 10.6 Å². The number of amides is 2. The highest BCUT2D eigenvalue weighted by Crippen LogP contribution is 2.16. The summed E-state index contributed by atoms with van der Waals surface area (Å²) in [5.74, 6) is -1.43. The number of rotatable bonds is 2. The molecule has 5 heteroatoms. The second-order valence-corrected chi connectivity index (χ2v) is 4.47. The van der Waals surface area contributed by atoms with Crippen molar-refractivity contribution in [1.82, 2.24) is 4.98 Å². The third-order valence-corrected chi connectivity index (χ3v) is 2.76. The second kappa shape index (κ2) is 5.97. The summed E-state index contributed by atoms with van der Waals surface area (Å²) < 4.78 is 0. The number of carbonyl (C=O) groups excluding carboxylic acids is 2. The van der Waals surface area contributed by atoms with Gasteiger partial charge in [0.05, 0.1) is 11.9 Å². The molecule has 20 heavy (non-hydrogen) atoms. The lowest BCUT2D eigenvalue weighted by molar-refractivity contribution is -0.133. The van der Waals surface area contributed by atoms with Gasteiger partial charge >= 0.3 is 11.8 Å². The first-order valence-corrected chi connectivity index (χ1v) is 6.16. The summed E-state index contributed by atoms with van der Waals surface area (Å²) in [6, 6.07) is 8.93. The van der Waals surface area contributed by atoms with Crippen molar-refractivity contribution < 1.29 is 9.59 Å². The molecule has 0 spiro atoms. The molecule has 0 saturated carbocycles. The minimum atomic E-state index is -0.724. The molecule has 0 unspecified atom stereocenters. The Kier molecular flexibility index (Phi) is 4.10. The molecule has 0 atom stereocenters. The van der Waals surface area contributed by atoms with Crippen LogP contribution in [0.5, 0.6) is 0 Å². The van der Waals surface area contributed by atoms with E-state index in [0.717, 1.165) is 11.1 Å². The summed E-state index contributed by atoms with van der Waals surface area (Å²) in [5.41, 5.74) is 3.11. The average molecular weight is 269 g/mol. The SMILES string of the molecule is Cc1ccc(NC(=O)C(=O)Nc2cccnc2)c(C)c1. The van der Waals surface area contributed by atoms with Gasteiger partial charge in [-0.25, -0.2) is 0 Å². The molecule has 1 aromatic heterocycles. The van der Waals surface area contributed by atoms with Crippen LogP contribution in [0.3, 0.4) is 0 Å². The first-order chi connectivity index (χ1) is 9.56. The minimum absolute atomic E-state index is 0.480. The van der Waals surface area contributed by atoms with E-state index in [0.29, 0.717) is 11.4 Å². The number of nitrogens with one attached hydrogen (secondary N) is 2. The zero-order chi connectivity index (χ0) is 14.5. The predicted molar refractivity (Wildman–Crippen MR) is 77.4 cm³/mol. The van der Waals surface area contributed by atoms with Crippen LogP contribution in [0.25, 0.3) is 0 Å². The molecule has 2 aromatic rings. The predicted octanol–water partition coefficient (Wildman–Crippen LogP) is 2.28. The fourth-order valence-electron chi connectivity index (χ4n) is 1.76. The van der Waals surface area contributed by atoms with Gasteiger partial charge in [0.25, 0.3) is 0 Å². The molecule has 0 saturated heterocycles. The maximum Gasteiger partial charge on any atom is 0.314 e. The maximum absolute atomic E-state index is 11.8. The lowest BCUT2D eigenvalue weighted by Gasteiger charge is -2.09. The summed E-state index contributed by atoms with van der Waals surface area (Å²) in [5, 5.41) is 5.07. The molecule has 0 aliphatic rings. The largest absolute Gasteiger partial charge is 0.318 e. The van der Waals surface area contributed by atoms with E-state index in [4.69, 9.17) is 0 Å². The third kappa shape index (κ3) is 3.41. The van der Waals surface area contributed by atoms with Gasteiger partial charge in [-0.15, -0.1) is 0 Å². The molecular formula is C15H15N3O2. The summed E-state index contributed by atoms with van der Waals surface area (Å²) in [7, 11) is 0. The monoisotopic (exact) mass is 269 g/mol. The van der Waals surface area contributed by atoms with E-state index < -0.39 is 11.8 Å². The van der Waals surface area contributed by atoms with Gasteiger partial charge in [0.1, 0.15) is 0 Å². The van der Waals surface area contributed by atoms with Crippen LogP contribution >= 0.6 is 0 Å². The van der Waals surface area contributed by atoms with Crippen LogP contribution in [0.4, 0.5) is 11.4 Å². The minimum Gasteiger partial charge on any atom is -0.318 e. The number of pyridine rings is 1. The quantitative estimate of drug-likeness (QED) is 0.822. The molecular weight excluding hydrogens is 254 g/mol. The number of aromatic nitrogens is 1. The molecule has 1 aromatic carbocycles. The highest BCUT2D eigenvalue weighted by Gasteiger charge is 2.14.